The van der Waals surface area contributed by atoms with Gasteiger partial charge in [-0.25, -0.2) is 4.79 Å². The molecule has 0 aromatic heterocycles. The van der Waals surface area contributed by atoms with Gasteiger partial charge in [-0.05, 0) is 65.6 Å². The van der Waals surface area contributed by atoms with E-state index in [1.807, 2.05) is 0 Å². The number of carbonyl (C=O) groups is 1. The predicted octanol–water partition coefficient (Wildman–Crippen LogP) is 6.70. The zero-order chi connectivity index (χ0) is 25.0. The second-order valence-electron chi connectivity index (χ2n) is 8.71. The molecule has 0 unspecified atom stereocenters. The summed E-state index contributed by atoms with van der Waals surface area (Å²) in [4.78, 5) is 11.3. The standard InChI is InChI=1S/C31H36O4/c1-4-6-7-8-24-10-16-29(30(22-24)34-19-20-35-31(33)5-2)27-13-11-26(12-14-27)28-15-9-25(17-18-32)21-23(28)3/h5,9-16,21-22,32H,2,4,6-8,17-20H2,1,3H3. The highest BCUT2D eigenvalue weighted by Crippen LogP contribution is 2.34. The van der Waals surface area contributed by atoms with E-state index in [0.29, 0.717) is 6.42 Å². The molecule has 0 saturated carbocycles. The number of aliphatic hydroxyl groups excluding tert-OH is 1. The molecule has 0 fully saturated rings. The first kappa shape index (κ1) is 26.2. The topological polar surface area (TPSA) is 55.8 Å². The van der Waals surface area contributed by atoms with Crippen LogP contribution in [0.2, 0.25) is 0 Å². The van der Waals surface area contributed by atoms with Crippen molar-refractivity contribution in [3.05, 3.63) is 90.0 Å². The Balaban J connectivity index is 1.82. The number of aliphatic hydroxyl groups is 1. The lowest BCUT2D eigenvalue weighted by atomic mass is 9.95. The molecule has 3 rings (SSSR count). The summed E-state index contributed by atoms with van der Waals surface area (Å²) < 4.78 is 11.1. The molecule has 0 aliphatic heterocycles. The molecule has 184 valence electrons. The van der Waals surface area contributed by atoms with Crippen LogP contribution in [0.15, 0.2) is 73.3 Å². The minimum absolute atomic E-state index is 0.159. The Bertz CT molecular complexity index is 1120. The van der Waals surface area contributed by atoms with Gasteiger partial charge in [0.25, 0.3) is 0 Å². The molecule has 1 N–H and O–H groups in total. The fourth-order valence-electron chi connectivity index (χ4n) is 4.18. The van der Waals surface area contributed by atoms with Gasteiger partial charge in [-0.3, -0.25) is 0 Å². The van der Waals surface area contributed by atoms with Gasteiger partial charge in [-0.2, -0.15) is 0 Å². The average molecular weight is 473 g/mol. The number of aryl methyl sites for hydroxylation is 2. The summed E-state index contributed by atoms with van der Waals surface area (Å²) >= 11 is 0. The van der Waals surface area contributed by atoms with Crippen LogP contribution in [0.25, 0.3) is 22.3 Å². The van der Waals surface area contributed by atoms with Crippen LogP contribution in [0, 0.1) is 6.92 Å². The number of esters is 1. The second-order valence-corrected chi connectivity index (χ2v) is 8.71. The van der Waals surface area contributed by atoms with Crippen molar-refractivity contribution in [1.29, 1.82) is 0 Å². The summed E-state index contributed by atoms with van der Waals surface area (Å²) in [7, 11) is 0. The van der Waals surface area contributed by atoms with E-state index in [4.69, 9.17) is 9.47 Å². The van der Waals surface area contributed by atoms with Gasteiger partial charge in [0.2, 0.25) is 0 Å². The van der Waals surface area contributed by atoms with Gasteiger partial charge in [-0.1, -0.05) is 80.9 Å². The van der Waals surface area contributed by atoms with Gasteiger partial charge < -0.3 is 14.6 Å². The number of hydrogen-bond acceptors (Lipinski definition) is 4. The Kier molecular flexibility index (Phi) is 10.1. The van der Waals surface area contributed by atoms with E-state index in [-0.39, 0.29) is 19.8 Å². The van der Waals surface area contributed by atoms with Gasteiger partial charge in [0.05, 0.1) is 0 Å². The maximum atomic E-state index is 11.3. The van der Waals surface area contributed by atoms with Crippen molar-refractivity contribution in [2.75, 3.05) is 19.8 Å². The molecular formula is C31H36O4. The Morgan fingerprint density at radius 1 is 0.886 bits per heavy atom. The van der Waals surface area contributed by atoms with Gasteiger partial charge >= 0.3 is 5.97 Å². The molecule has 0 atom stereocenters. The maximum Gasteiger partial charge on any atom is 0.330 e. The van der Waals surface area contributed by atoms with E-state index in [0.717, 1.165) is 46.9 Å². The maximum absolute atomic E-state index is 11.3. The van der Waals surface area contributed by atoms with Crippen LogP contribution in [0.4, 0.5) is 0 Å². The van der Waals surface area contributed by atoms with E-state index in [2.05, 4.69) is 81.1 Å². The molecule has 0 amide bonds. The van der Waals surface area contributed by atoms with Crippen molar-refractivity contribution in [3.8, 4) is 28.0 Å². The minimum atomic E-state index is -0.447. The number of carbonyl (C=O) groups excluding carboxylic acids is 1. The molecule has 0 saturated heterocycles. The lowest BCUT2D eigenvalue weighted by Gasteiger charge is -2.15. The van der Waals surface area contributed by atoms with Crippen LogP contribution in [0.5, 0.6) is 5.75 Å². The Labute approximate surface area is 209 Å². The lowest BCUT2D eigenvalue weighted by Crippen LogP contribution is -2.10. The molecule has 0 spiro atoms. The largest absolute Gasteiger partial charge is 0.489 e. The zero-order valence-corrected chi connectivity index (χ0v) is 20.9. The first-order chi connectivity index (χ1) is 17.0. The van der Waals surface area contributed by atoms with E-state index in [9.17, 15) is 9.90 Å². The number of rotatable bonds is 13. The van der Waals surface area contributed by atoms with E-state index in [1.165, 1.54) is 29.5 Å². The molecule has 4 nitrogen and oxygen atoms in total. The zero-order valence-electron chi connectivity index (χ0n) is 20.9. The molecule has 0 aliphatic carbocycles. The summed E-state index contributed by atoms with van der Waals surface area (Å²) in [5.41, 5.74) is 8.00. The number of hydrogen-bond donors (Lipinski definition) is 1. The molecular weight excluding hydrogens is 436 g/mol. The van der Waals surface area contributed by atoms with Gasteiger partial charge in [0.1, 0.15) is 19.0 Å². The van der Waals surface area contributed by atoms with Crippen LogP contribution in [-0.4, -0.2) is 30.9 Å². The van der Waals surface area contributed by atoms with Crippen molar-refractivity contribution in [2.24, 2.45) is 0 Å². The van der Waals surface area contributed by atoms with Crippen LogP contribution in [0.3, 0.4) is 0 Å². The summed E-state index contributed by atoms with van der Waals surface area (Å²) in [5.74, 6) is 0.350. The summed E-state index contributed by atoms with van der Waals surface area (Å²) in [6, 6.07) is 21.3. The molecule has 0 heterocycles. The average Bonchev–Trinajstić information content (AvgIpc) is 2.87. The second kappa shape index (κ2) is 13.5. The molecule has 3 aromatic carbocycles. The molecule has 3 aromatic rings. The smallest absolute Gasteiger partial charge is 0.330 e. The van der Waals surface area contributed by atoms with E-state index >= 15 is 0 Å². The van der Waals surface area contributed by atoms with Gasteiger partial charge in [0, 0.05) is 18.2 Å². The quantitative estimate of drug-likeness (QED) is 0.171. The normalized spacial score (nSPS) is 10.7. The minimum Gasteiger partial charge on any atom is -0.489 e. The Morgan fingerprint density at radius 2 is 1.54 bits per heavy atom. The van der Waals surface area contributed by atoms with Crippen molar-refractivity contribution in [2.45, 2.75) is 46.0 Å². The third-order valence-electron chi connectivity index (χ3n) is 6.07. The van der Waals surface area contributed by atoms with Gasteiger partial charge in [-0.15, -0.1) is 0 Å². The van der Waals surface area contributed by atoms with Crippen LogP contribution in [-0.2, 0) is 22.4 Å². The van der Waals surface area contributed by atoms with Crippen molar-refractivity contribution in [3.63, 3.8) is 0 Å². The highest BCUT2D eigenvalue weighted by Gasteiger charge is 2.10. The monoisotopic (exact) mass is 472 g/mol. The molecule has 0 bridgehead atoms. The SMILES string of the molecule is C=CC(=O)OCCOc1cc(CCCCC)ccc1-c1ccc(-c2ccc(CCO)cc2C)cc1. The molecule has 35 heavy (non-hydrogen) atoms. The van der Waals surface area contributed by atoms with Gasteiger partial charge in [0.15, 0.2) is 0 Å². The molecule has 0 radical (unpaired) electrons. The summed E-state index contributed by atoms with van der Waals surface area (Å²) in [6.07, 6.45) is 6.38. The van der Waals surface area contributed by atoms with Crippen LogP contribution >= 0.6 is 0 Å². The number of benzene rings is 3. The van der Waals surface area contributed by atoms with Crippen molar-refractivity contribution >= 4 is 5.97 Å². The highest BCUT2D eigenvalue weighted by atomic mass is 16.6. The third kappa shape index (κ3) is 7.56. The highest BCUT2D eigenvalue weighted by molar-refractivity contribution is 5.81. The number of ether oxygens (including phenoxy) is 2. The van der Waals surface area contributed by atoms with Crippen molar-refractivity contribution < 1.29 is 19.4 Å². The third-order valence-corrected chi connectivity index (χ3v) is 6.07. The van der Waals surface area contributed by atoms with Crippen LogP contribution in [0.1, 0.15) is 42.9 Å². The fraction of sp³-hybridized carbons (Fsp3) is 0.323. The van der Waals surface area contributed by atoms with E-state index < -0.39 is 5.97 Å². The number of unbranched alkanes of at least 4 members (excludes halogenated alkanes) is 2. The van der Waals surface area contributed by atoms with Crippen molar-refractivity contribution in [1.82, 2.24) is 0 Å². The predicted molar refractivity (Wildman–Crippen MR) is 143 cm³/mol. The first-order valence-electron chi connectivity index (χ1n) is 12.4. The molecule has 0 aliphatic rings. The Hall–Kier alpha value is -3.37. The summed E-state index contributed by atoms with van der Waals surface area (Å²) in [6.45, 7) is 8.34. The fourth-order valence-corrected chi connectivity index (χ4v) is 4.18. The summed E-state index contributed by atoms with van der Waals surface area (Å²) in [5, 5.41) is 9.20. The lowest BCUT2D eigenvalue weighted by molar-refractivity contribution is -0.138. The first-order valence-corrected chi connectivity index (χ1v) is 12.4. The van der Waals surface area contributed by atoms with Crippen LogP contribution < -0.4 is 4.74 Å². The molecule has 4 heteroatoms. The van der Waals surface area contributed by atoms with E-state index in [1.54, 1.807) is 0 Å². The Morgan fingerprint density at radius 3 is 2.17 bits per heavy atom.